The van der Waals surface area contributed by atoms with Crippen molar-refractivity contribution in [2.45, 2.75) is 39.5 Å². The van der Waals surface area contributed by atoms with E-state index in [0.717, 1.165) is 5.56 Å². The summed E-state index contributed by atoms with van der Waals surface area (Å²) in [7, 11) is -2.18. The molecule has 6 nitrogen and oxygen atoms in total. The van der Waals surface area contributed by atoms with Gasteiger partial charge in [-0.1, -0.05) is 5.16 Å². The molecule has 0 bridgehead atoms. The van der Waals surface area contributed by atoms with E-state index in [-0.39, 0.29) is 4.90 Å². The Morgan fingerprint density at radius 3 is 2.27 bits per heavy atom. The van der Waals surface area contributed by atoms with Crippen LogP contribution >= 0.6 is 0 Å². The minimum absolute atomic E-state index is 0.255. The van der Waals surface area contributed by atoms with Gasteiger partial charge in [-0.25, -0.2) is 8.42 Å². The van der Waals surface area contributed by atoms with Crippen LogP contribution < -0.4 is 9.46 Å². The van der Waals surface area contributed by atoms with E-state index in [1.54, 1.807) is 40.9 Å². The Hall–Kier alpha value is -2.02. The second kappa shape index (κ2) is 5.64. The van der Waals surface area contributed by atoms with Gasteiger partial charge in [-0.05, 0) is 57.4 Å². The van der Waals surface area contributed by atoms with Gasteiger partial charge in [-0.15, -0.1) is 0 Å². The van der Waals surface area contributed by atoms with Crippen LogP contribution in [-0.4, -0.2) is 20.7 Å². The molecule has 2 rings (SSSR count). The molecule has 0 atom stereocenters. The highest BCUT2D eigenvalue weighted by Gasteiger charge is 2.25. The fraction of sp³-hybridized carbons (Fsp3) is 0.400. The highest BCUT2D eigenvalue weighted by Crippen LogP contribution is 2.32. The van der Waals surface area contributed by atoms with Gasteiger partial charge in [-0.2, -0.15) is 0 Å². The maximum Gasteiger partial charge on any atom is 0.262 e. The van der Waals surface area contributed by atoms with E-state index < -0.39 is 10.0 Å². The van der Waals surface area contributed by atoms with Crippen LogP contribution in [-0.2, 0) is 10.0 Å². The highest BCUT2D eigenvalue weighted by atomic mass is 32.2. The molecule has 0 aliphatic heterocycles. The number of aromatic nitrogens is 1. The predicted molar refractivity (Wildman–Crippen MR) is 84.0 cm³/mol. The normalized spacial score (nSPS) is 11.5. The number of nitrogens with one attached hydrogen (secondary N) is 1. The largest absolute Gasteiger partial charge is 0.496 e. The molecule has 120 valence electrons. The van der Waals surface area contributed by atoms with Gasteiger partial charge < -0.3 is 9.26 Å². The summed E-state index contributed by atoms with van der Waals surface area (Å²) in [5.41, 5.74) is 2.97. The Bertz CT molecular complexity index is 803. The second-order valence-corrected chi connectivity index (χ2v) is 6.90. The smallest absolute Gasteiger partial charge is 0.262 e. The van der Waals surface area contributed by atoms with Gasteiger partial charge >= 0.3 is 0 Å². The third kappa shape index (κ3) is 2.68. The maximum atomic E-state index is 12.8. The molecule has 0 spiro atoms. The Labute approximate surface area is 130 Å². The molecule has 0 amide bonds. The zero-order valence-corrected chi connectivity index (χ0v) is 14.4. The molecule has 1 heterocycles. The summed E-state index contributed by atoms with van der Waals surface area (Å²) in [6.45, 7) is 8.70. The first-order chi connectivity index (χ1) is 10.2. The van der Waals surface area contributed by atoms with Crippen LogP contribution in [0.15, 0.2) is 15.5 Å². The summed E-state index contributed by atoms with van der Waals surface area (Å²) < 4.78 is 38.4. The molecule has 7 heteroatoms. The Morgan fingerprint density at radius 1 is 1.14 bits per heavy atom. The zero-order chi connectivity index (χ0) is 16.7. The van der Waals surface area contributed by atoms with Gasteiger partial charge in [0.15, 0.2) is 5.76 Å². The number of rotatable bonds is 4. The summed E-state index contributed by atoms with van der Waals surface area (Å²) >= 11 is 0. The average Bonchev–Trinajstić information content (AvgIpc) is 2.74. The van der Waals surface area contributed by atoms with Crippen molar-refractivity contribution < 1.29 is 17.7 Å². The van der Waals surface area contributed by atoms with Crippen molar-refractivity contribution in [1.82, 2.24) is 5.16 Å². The number of hydrogen-bond acceptors (Lipinski definition) is 5. The average molecular weight is 324 g/mol. The molecule has 1 aromatic carbocycles. The third-order valence-corrected chi connectivity index (χ3v) is 5.38. The van der Waals surface area contributed by atoms with Gasteiger partial charge in [0.05, 0.1) is 12.0 Å². The van der Waals surface area contributed by atoms with Crippen LogP contribution in [0.2, 0.25) is 0 Å². The van der Waals surface area contributed by atoms with Crippen LogP contribution in [0.3, 0.4) is 0 Å². The molecule has 0 fully saturated rings. The molecule has 0 radical (unpaired) electrons. The second-order valence-electron chi connectivity index (χ2n) is 5.28. The summed E-state index contributed by atoms with van der Waals surface area (Å²) in [6, 6.07) is 1.73. The molecule has 2 aromatic rings. The Balaban J connectivity index is 2.58. The number of benzene rings is 1. The number of nitrogens with zero attached hydrogens (tertiary/aromatic N) is 1. The topological polar surface area (TPSA) is 81.4 Å². The van der Waals surface area contributed by atoms with Crippen LogP contribution in [0.1, 0.15) is 28.1 Å². The van der Waals surface area contributed by atoms with Crippen LogP contribution in [0.5, 0.6) is 5.75 Å². The van der Waals surface area contributed by atoms with Gasteiger partial charge in [0.1, 0.15) is 17.1 Å². The molecule has 22 heavy (non-hydrogen) atoms. The van der Waals surface area contributed by atoms with Crippen molar-refractivity contribution in [3.63, 3.8) is 0 Å². The number of hydrogen-bond donors (Lipinski definition) is 1. The first-order valence-corrected chi connectivity index (χ1v) is 8.27. The Kier molecular flexibility index (Phi) is 4.19. The summed E-state index contributed by atoms with van der Waals surface area (Å²) in [4.78, 5) is 0.255. The van der Waals surface area contributed by atoms with Crippen molar-refractivity contribution >= 4 is 15.7 Å². The highest BCUT2D eigenvalue weighted by molar-refractivity contribution is 7.92. The van der Waals surface area contributed by atoms with Gasteiger partial charge in [-0.3, -0.25) is 4.72 Å². The molecular formula is C15H20N2O4S. The van der Waals surface area contributed by atoms with Crippen LogP contribution in [0.4, 0.5) is 5.69 Å². The maximum absolute atomic E-state index is 12.8. The van der Waals surface area contributed by atoms with Crippen LogP contribution in [0.25, 0.3) is 0 Å². The van der Waals surface area contributed by atoms with Crippen molar-refractivity contribution in [2.24, 2.45) is 0 Å². The van der Waals surface area contributed by atoms with Crippen molar-refractivity contribution in [2.75, 3.05) is 11.8 Å². The first kappa shape index (κ1) is 16.4. The van der Waals surface area contributed by atoms with E-state index in [9.17, 15) is 8.42 Å². The van der Waals surface area contributed by atoms with Crippen LogP contribution in [0, 0.1) is 34.6 Å². The molecule has 0 unspecified atom stereocenters. The number of aryl methyl sites for hydroxylation is 3. The van der Waals surface area contributed by atoms with Crippen molar-refractivity contribution in [3.8, 4) is 5.75 Å². The molecular weight excluding hydrogens is 304 g/mol. The standard InChI is InChI=1S/C15H20N2O4S/c1-8-7-13(20-6)9(2)10(3)15(8)22(18,19)17-14-11(4)16-21-12(14)5/h7,17H,1-6H3. The lowest BCUT2D eigenvalue weighted by molar-refractivity contribution is 0.393. The molecule has 0 aliphatic carbocycles. The SMILES string of the molecule is COc1cc(C)c(S(=O)(=O)Nc2c(C)noc2C)c(C)c1C. The lowest BCUT2D eigenvalue weighted by Crippen LogP contribution is -2.17. The zero-order valence-electron chi connectivity index (χ0n) is 13.6. The number of ether oxygens (including phenoxy) is 1. The van der Waals surface area contributed by atoms with Gasteiger partial charge in [0.2, 0.25) is 0 Å². The molecule has 0 saturated carbocycles. The van der Waals surface area contributed by atoms with Crippen molar-refractivity contribution in [1.29, 1.82) is 0 Å². The van der Waals surface area contributed by atoms with E-state index >= 15 is 0 Å². The first-order valence-electron chi connectivity index (χ1n) is 6.79. The fourth-order valence-electron chi connectivity index (χ4n) is 2.46. The van der Waals surface area contributed by atoms with Gasteiger partial charge in [0, 0.05) is 0 Å². The quantitative estimate of drug-likeness (QED) is 0.935. The minimum atomic E-state index is -3.74. The number of sulfonamides is 1. The van der Waals surface area contributed by atoms with Crippen molar-refractivity contribution in [3.05, 3.63) is 34.2 Å². The summed E-state index contributed by atoms with van der Waals surface area (Å²) in [6.07, 6.45) is 0. The third-order valence-electron chi connectivity index (χ3n) is 3.74. The van der Waals surface area contributed by atoms with E-state index in [0.29, 0.717) is 34.0 Å². The number of anilines is 1. The molecule has 0 aliphatic rings. The predicted octanol–water partition coefficient (Wildman–Crippen LogP) is 3.03. The molecule has 1 aromatic heterocycles. The summed E-state index contributed by atoms with van der Waals surface area (Å²) in [5, 5.41) is 3.76. The van der Waals surface area contributed by atoms with E-state index in [1.807, 2.05) is 6.92 Å². The monoisotopic (exact) mass is 324 g/mol. The molecule has 0 saturated heterocycles. The summed E-state index contributed by atoms with van der Waals surface area (Å²) in [5.74, 6) is 1.10. The van der Waals surface area contributed by atoms with E-state index in [1.165, 1.54) is 0 Å². The van der Waals surface area contributed by atoms with E-state index in [4.69, 9.17) is 9.26 Å². The van der Waals surface area contributed by atoms with E-state index in [2.05, 4.69) is 9.88 Å². The minimum Gasteiger partial charge on any atom is -0.496 e. The Morgan fingerprint density at radius 2 is 1.77 bits per heavy atom. The van der Waals surface area contributed by atoms with Gasteiger partial charge in [0.25, 0.3) is 10.0 Å². The lowest BCUT2D eigenvalue weighted by atomic mass is 10.1. The lowest BCUT2D eigenvalue weighted by Gasteiger charge is -2.17. The number of methoxy groups -OCH3 is 1. The molecule has 1 N–H and O–H groups in total. The fourth-order valence-corrected chi connectivity index (χ4v) is 4.16.